The van der Waals surface area contributed by atoms with Crippen LogP contribution in [-0.4, -0.2) is 55.3 Å². The predicted molar refractivity (Wildman–Crippen MR) is 75.1 cm³/mol. The molecule has 1 unspecified atom stereocenters. The Hall–Kier alpha value is -0.170. The highest BCUT2D eigenvalue weighted by Crippen LogP contribution is 2.29. The largest absolute Gasteiger partial charge is 0.313 e. The van der Waals surface area contributed by atoms with Crippen LogP contribution in [0.1, 0.15) is 44.9 Å². The fourth-order valence-electron chi connectivity index (χ4n) is 3.67. The highest BCUT2D eigenvalue weighted by atomic mass is 32.2. The summed E-state index contributed by atoms with van der Waals surface area (Å²) in [5.74, 6) is 0. The van der Waals surface area contributed by atoms with Gasteiger partial charge in [0, 0.05) is 31.7 Å². The highest BCUT2D eigenvalue weighted by molar-refractivity contribution is 7.87. The van der Waals surface area contributed by atoms with Crippen LogP contribution in [0.25, 0.3) is 0 Å². The zero-order chi connectivity index (χ0) is 13.3. The average Bonchev–Trinajstić information content (AvgIpc) is 3.00. The average molecular weight is 287 g/mol. The molecule has 0 aromatic heterocycles. The zero-order valence-corrected chi connectivity index (χ0v) is 12.4. The molecule has 3 rings (SSSR count). The summed E-state index contributed by atoms with van der Waals surface area (Å²) in [6, 6.07) is 0.626. The van der Waals surface area contributed by atoms with Gasteiger partial charge < -0.3 is 5.32 Å². The number of nitrogens with one attached hydrogen (secondary N) is 1. The Morgan fingerprint density at radius 1 is 1.00 bits per heavy atom. The maximum atomic E-state index is 12.6. The van der Waals surface area contributed by atoms with Gasteiger partial charge in [0.1, 0.15) is 0 Å². The maximum absolute atomic E-state index is 12.6. The molecule has 3 aliphatic rings. The minimum atomic E-state index is -3.19. The summed E-state index contributed by atoms with van der Waals surface area (Å²) in [6.45, 7) is 3.06. The van der Waals surface area contributed by atoms with E-state index in [0.717, 1.165) is 25.8 Å². The van der Waals surface area contributed by atoms with Gasteiger partial charge in [-0.25, -0.2) is 0 Å². The summed E-state index contributed by atoms with van der Waals surface area (Å²) in [5.41, 5.74) is 0. The molecule has 6 heteroatoms. The Kier molecular flexibility index (Phi) is 4.12. The molecule has 0 spiro atoms. The van der Waals surface area contributed by atoms with Crippen molar-refractivity contribution in [1.82, 2.24) is 13.9 Å². The fourth-order valence-corrected chi connectivity index (χ4v) is 5.55. The van der Waals surface area contributed by atoms with E-state index in [0.29, 0.717) is 25.7 Å². The van der Waals surface area contributed by atoms with Gasteiger partial charge in [-0.2, -0.15) is 17.0 Å². The van der Waals surface area contributed by atoms with E-state index in [2.05, 4.69) is 5.32 Å². The summed E-state index contributed by atoms with van der Waals surface area (Å²) >= 11 is 0. The third kappa shape index (κ3) is 2.82. The predicted octanol–water partition coefficient (Wildman–Crippen LogP) is 0.933. The van der Waals surface area contributed by atoms with Crippen molar-refractivity contribution in [3.8, 4) is 0 Å². The Balaban J connectivity index is 1.65. The van der Waals surface area contributed by atoms with Gasteiger partial charge in [0.2, 0.25) is 0 Å². The molecule has 0 aromatic carbocycles. The highest BCUT2D eigenvalue weighted by Gasteiger charge is 2.41. The van der Waals surface area contributed by atoms with Gasteiger partial charge in [-0.1, -0.05) is 19.3 Å². The normalized spacial score (nSPS) is 34.0. The second-order valence-electron chi connectivity index (χ2n) is 6.06. The molecule has 110 valence electrons. The van der Waals surface area contributed by atoms with Crippen molar-refractivity contribution in [3.05, 3.63) is 0 Å². The molecule has 19 heavy (non-hydrogen) atoms. The van der Waals surface area contributed by atoms with Crippen LogP contribution < -0.4 is 5.32 Å². The first-order valence-electron chi connectivity index (χ1n) is 7.68. The molecule has 3 fully saturated rings. The second-order valence-corrected chi connectivity index (χ2v) is 7.94. The van der Waals surface area contributed by atoms with Crippen LogP contribution in [0, 0.1) is 0 Å². The molecule has 2 heterocycles. The molecule has 1 saturated carbocycles. The summed E-state index contributed by atoms with van der Waals surface area (Å²) in [7, 11) is -3.19. The number of nitrogens with zero attached hydrogens (tertiary/aromatic N) is 2. The standard InChI is InChI=1S/C13H25N3O2S/c17-19(18)15(11-12-5-4-8-14-12)9-10-16(19)13-6-2-1-3-7-13/h12-14H,1-11H2. The van der Waals surface area contributed by atoms with Crippen molar-refractivity contribution in [2.45, 2.75) is 57.0 Å². The number of hydrogen-bond acceptors (Lipinski definition) is 3. The van der Waals surface area contributed by atoms with Gasteiger partial charge >= 0.3 is 0 Å². The van der Waals surface area contributed by atoms with Crippen molar-refractivity contribution >= 4 is 10.2 Å². The van der Waals surface area contributed by atoms with Crippen LogP contribution >= 0.6 is 0 Å². The Morgan fingerprint density at radius 3 is 2.47 bits per heavy atom. The van der Waals surface area contributed by atoms with E-state index in [9.17, 15) is 8.42 Å². The second kappa shape index (κ2) is 5.68. The molecule has 0 aromatic rings. The fraction of sp³-hybridized carbons (Fsp3) is 1.00. The third-order valence-corrected chi connectivity index (χ3v) is 6.82. The molecule has 0 amide bonds. The quantitative estimate of drug-likeness (QED) is 0.840. The van der Waals surface area contributed by atoms with Crippen LogP contribution in [0.4, 0.5) is 0 Å². The molecule has 5 nitrogen and oxygen atoms in total. The van der Waals surface area contributed by atoms with Gasteiger partial charge in [-0.3, -0.25) is 0 Å². The molecule has 0 radical (unpaired) electrons. The van der Waals surface area contributed by atoms with Crippen LogP contribution in [0.15, 0.2) is 0 Å². The first-order chi connectivity index (χ1) is 9.18. The van der Waals surface area contributed by atoms with Crippen molar-refractivity contribution in [2.75, 3.05) is 26.2 Å². The lowest BCUT2D eigenvalue weighted by molar-refractivity contribution is 0.270. The Morgan fingerprint density at radius 2 is 1.79 bits per heavy atom. The lowest BCUT2D eigenvalue weighted by atomic mass is 9.95. The van der Waals surface area contributed by atoms with Gasteiger partial charge in [-0.15, -0.1) is 0 Å². The Bertz CT molecular complexity index is 400. The Labute approximate surface area is 116 Å². The SMILES string of the molecule is O=S1(=O)N(CC2CCCN2)CCN1C1CCCCC1. The summed E-state index contributed by atoms with van der Waals surface area (Å²) < 4.78 is 28.7. The van der Waals surface area contributed by atoms with Crippen LogP contribution in [-0.2, 0) is 10.2 Å². The van der Waals surface area contributed by atoms with Crippen molar-refractivity contribution < 1.29 is 8.42 Å². The molecule has 0 bridgehead atoms. The summed E-state index contributed by atoms with van der Waals surface area (Å²) in [4.78, 5) is 0. The van der Waals surface area contributed by atoms with Gasteiger partial charge in [-0.05, 0) is 32.2 Å². The van der Waals surface area contributed by atoms with Crippen LogP contribution in [0.3, 0.4) is 0 Å². The molecule has 1 atom stereocenters. The van der Waals surface area contributed by atoms with Crippen LogP contribution in [0.2, 0.25) is 0 Å². The van der Waals surface area contributed by atoms with E-state index in [1.54, 1.807) is 8.61 Å². The van der Waals surface area contributed by atoms with Crippen molar-refractivity contribution in [2.24, 2.45) is 0 Å². The number of rotatable bonds is 3. The molecular formula is C13H25N3O2S. The van der Waals surface area contributed by atoms with E-state index in [1.807, 2.05) is 0 Å². The van der Waals surface area contributed by atoms with Crippen LogP contribution in [0.5, 0.6) is 0 Å². The first-order valence-corrected chi connectivity index (χ1v) is 9.08. The minimum Gasteiger partial charge on any atom is -0.313 e. The maximum Gasteiger partial charge on any atom is 0.282 e. The van der Waals surface area contributed by atoms with E-state index in [1.165, 1.54) is 25.7 Å². The van der Waals surface area contributed by atoms with Crippen molar-refractivity contribution in [1.29, 1.82) is 0 Å². The monoisotopic (exact) mass is 287 g/mol. The minimum absolute atomic E-state index is 0.264. The molecule has 1 aliphatic carbocycles. The summed E-state index contributed by atoms with van der Waals surface area (Å²) in [5, 5.41) is 3.39. The first kappa shape index (κ1) is 13.8. The van der Waals surface area contributed by atoms with Gasteiger partial charge in [0.05, 0.1) is 0 Å². The molecule has 2 saturated heterocycles. The molecule has 2 aliphatic heterocycles. The van der Waals surface area contributed by atoms with E-state index < -0.39 is 10.2 Å². The number of hydrogen-bond donors (Lipinski definition) is 1. The zero-order valence-electron chi connectivity index (χ0n) is 11.6. The van der Waals surface area contributed by atoms with Gasteiger partial charge in [0.25, 0.3) is 10.2 Å². The smallest absolute Gasteiger partial charge is 0.282 e. The lowest BCUT2D eigenvalue weighted by Gasteiger charge is -2.30. The lowest BCUT2D eigenvalue weighted by Crippen LogP contribution is -2.44. The third-order valence-electron chi connectivity index (χ3n) is 4.76. The van der Waals surface area contributed by atoms with E-state index >= 15 is 0 Å². The molecular weight excluding hydrogens is 262 g/mol. The van der Waals surface area contributed by atoms with Gasteiger partial charge in [0.15, 0.2) is 0 Å². The summed E-state index contributed by atoms with van der Waals surface area (Å²) in [6.07, 6.45) is 8.01. The topological polar surface area (TPSA) is 52.7 Å². The van der Waals surface area contributed by atoms with Crippen molar-refractivity contribution in [3.63, 3.8) is 0 Å². The molecule has 1 N–H and O–H groups in total. The van der Waals surface area contributed by atoms with E-state index in [-0.39, 0.29) is 6.04 Å². The van der Waals surface area contributed by atoms with E-state index in [4.69, 9.17) is 0 Å².